The summed E-state index contributed by atoms with van der Waals surface area (Å²) in [5, 5.41) is 18.7. The van der Waals surface area contributed by atoms with Crippen molar-refractivity contribution in [1.29, 1.82) is 10.5 Å². The zero-order valence-electron chi connectivity index (χ0n) is 12.5. The second kappa shape index (κ2) is 6.47. The normalized spacial score (nSPS) is 10.8. The highest BCUT2D eigenvalue weighted by Gasteiger charge is 2.30. The fourth-order valence-corrected chi connectivity index (χ4v) is 2.15. The molecule has 0 atom stereocenters. The van der Waals surface area contributed by atoms with Gasteiger partial charge in [0.2, 0.25) is 5.88 Å². The molecule has 1 heterocycles. The minimum Gasteiger partial charge on any atom is -0.477 e. The predicted octanol–water partition coefficient (Wildman–Crippen LogP) is 3.49. The first-order valence-corrected chi connectivity index (χ1v) is 6.77. The molecule has 0 unspecified atom stereocenters. The number of nitriles is 2. The highest BCUT2D eigenvalue weighted by Crippen LogP contribution is 2.36. The lowest BCUT2D eigenvalue weighted by Crippen LogP contribution is -2.07. The van der Waals surface area contributed by atoms with Crippen LogP contribution in [0.2, 0.25) is 0 Å². The van der Waals surface area contributed by atoms with E-state index in [1.165, 1.54) is 12.1 Å². The SMILES string of the molecule is CCOc1nc(N)c(C#N)c(-c2ccc(C(F)(F)F)cc2)c1C#N. The maximum Gasteiger partial charge on any atom is 0.416 e. The fraction of sp³-hybridized carbons (Fsp3) is 0.188. The van der Waals surface area contributed by atoms with E-state index >= 15 is 0 Å². The summed E-state index contributed by atoms with van der Waals surface area (Å²) in [6, 6.07) is 7.80. The van der Waals surface area contributed by atoms with Crippen LogP contribution in [0.25, 0.3) is 11.1 Å². The van der Waals surface area contributed by atoms with Gasteiger partial charge in [-0.1, -0.05) is 12.1 Å². The van der Waals surface area contributed by atoms with Crippen LogP contribution in [0.4, 0.5) is 19.0 Å². The minimum absolute atomic E-state index is 0.0534. The topological polar surface area (TPSA) is 95.7 Å². The molecule has 5 nitrogen and oxygen atoms in total. The Morgan fingerprint density at radius 1 is 1.12 bits per heavy atom. The first-order chi connectivity index (χ1) is 11.3. The number of nitrogens with two attached hydrogens (primary N) is 1. The molecule has 8 heteroatoms. The molecule has 1 aromatic heterocycles. The Morgan fingerprint density at radius 3 is 2.17 bits per heavy atom. The Morgan fingerprint density at radius 2 is 1.71 bits per heavy atom. The van der Waals surface area contributed by atoms with Crippen LogP contribution in [0.5, 0.6) is 5.88 Å². The maximum absolute atomic E-state index is 12.7. The van der Waals surface area contributed by atoms with Gasteiger partial charge in [0, 0.05) is 5.56 Å². The van der Waals surface area contributed by atoms with E-state index in [2.05, 4.69) is 4.98 Å². The summed E-state index contributed by atoms with van der Waals surface area (Å²) < 4.78 is 43.3. The van der Waals surface area contributed by atoms with Crippen LogP contribution in [0, 0.1) is 22.7 Å². The predicted molar refractivity (Wildman–Crippen MR) is 79.7 cm³/mol. The number of aromatic nitrogens is 1. The van der Waals surface area contributed by atoms with Gasteiger partial charge in [0.1, 0.15) is 29.1 Å². The quantitative estimate of drug-likeness (QED) is 0.928. The van der Waals surface area contributed by atoms with E-state index in [1.54, 1.807) is 6.92 Å². The Kier molecular flexibility index (Phi) is 4.61. The average Bonchev–Trinajstić information content (AvgIpc) is 2.54. The van der Waals surface area contributed by atoms with E-state index in [1.807, 2.05) is 12.1 Å². The summed E-state index contributed by atoms with van der Waals surface area (Å²) in [6.45, 7) is 1.88. The Balaban J connectivity index is 2.73. The molecule has 0 radical (unpaired) electrons. The summed E-state index contributed by atoms with van der Waals surface area (Å²) in [5.74, 6) is -0.221. The number of hydrogen-bond donors (Lipinski definition) is 1. The molecular formula is C16H11F3N4O. The van der Waals surface area contributed by atoms with Gasteiger partial charge >= 0.3 is 6.18 Å². The molecule has 24 heavy (non-hydrogen) atoms. The van der Waals surface area contributed by atoms with E-state index in [4.69, 9.17) is 10.5 Å². The highest BCUT2D eigenvalue weighted by molar-refractivity contribution is 5.82. The Labute approximate surface area is 135 Å². The first-order valence-electron chi connectivity index (χ1n) is 6.77. The molecule has 0 saturated heterocycles. The van der Waals surface area contributed by atoms with Crippen molar-refractivity contribution in [2.75, 3.05) is 12.3 Å². The highest BCUT2D eigenvalue weighted by atomic mass is 19.4. The molecule has 2 rings (SSSR count). The van der Waals surface area contributed by atoms with Crippen molar-refractivity contribution in [3.05, 3.63) is 41.0 Å². The van der Waals surface area contributed by atoms with Crippen LogP contribution >= 0.6 is 0 Å². The lowest BCUT2D eigenvalue weighted by Gasteiger charge is -2.14. The fourth-order valence-electron chi connectivity index (χ4n) is 2.15. The second-order valence-corrected chi connectivity index (χ2v) is 4.66. The summed E-state index contributed by atoms with van der Waals surface area (Å²) >= 11 is 0. The van der Waals surface area contributed by atoms with Crippen LogP contribution in [0.1, 0.15) is 23.6 Å². The first kappa shape index (κ1) is 17.1. The van der Waals surface area contributed by atoms with Crippen molar-refractivity contribution in [2.45, 2.75) is 13.1 Å². The molecule has 0 fully saturated rings. The van der Waals surface area contributed by atoms with Crippen LogP contribution in [-0.4, -0.2) is 11.6 Å². The molecule has 2 N–H and O–H groups in total. The van der Waals surface area contributed by atoms with Gasteiger partial charge < -0.3 is 10.5 Å². The van der Waals surface area contributed by atoms with Crippen molar-refractivity contribution in [3.63, 3.8) is 0 Å². The minimum atomic E-state index is -4.48. The van der Waals surface area contributed by atoms with Gasteiger partial charge in [-0.05, 0) is 24.6 Å². The number of benzene rings is 1. The van der Waals surface area contributed by atoms with Gasteiger partial charge in [0.05, 0.1) is 12.2 Å². The van der Waals surface area contributed by atoms with Crippen LogP contribution in [0.3, 0.4) is 0 Å². The van der Waals surface area contributed by atoms with Gasteiger partial charge in [-0.25, -0.2) is 0 Å². The average molecular weight is 332 g/mol. The number of rotatable bonds is 3. The summed E-state index contributed by atoms with van der Waals surface area (Å²) in [4.78, 5) is 3.88. The summed E-state index contributed by atoms with van der Waals surface area (Å²) in [7, 11) is 0. The largest absolute Gasteiger partial charge is 0.477 e. The molecule has 0 aliphatic carbocycles. The van der Waals surface area contributed by atoms with E-state index in [-0.39, 0.29) is 40.6 Å². The van der Waals surface area contributed by atoms with Gasteiger partial charge in [-0.3, -0.25) is 0 Å². The van der Waals surface area contributed by atoms with Crippen molar-refractivity contribution < 1.29 is 17.9 Å². The number of nitrogen functional groups attached to an aromatic ring is 1. The lowest BCUT2D eigenvalue weighted by molar-refractivity contribution is -0.137. The molecular weight excluding hydrogens is 321 g/mol. The molecule has 1 aromatic carbocycles. The molecule has 122 valence electrons. The number of hydrogen-bond acceptors (Lipinski definition) is 5. The smallest absolute Gasteiger partial charge is 0.416 e. The number of alkyl halides is 3. The molecule has 0 bridgehead atoms. The molecule has 0 spiro atoms. The third kappa shape index (κ3) is 3.08. The van der Waals surface area contributed by atoms with Gasteiger partial charge in [-0.2, -0.15) is 28.7 Å². The molecule has 0 amide bonds. The van der Waals surface area contributed by atoms with E-state index in [0.717, 1.165) is 12.1 Å². The van der Waals surface area contributed by atoms with Crippen LogP contribution in [-0.2, 0) is 6.18 Å². The number of anilines is 1. The standard InChI is InChI=1S/C16H11F3N4O/c1-2-24-15-12(8-21)13(11(7-20)14(22)23-15)9-3-5-10(6-4-9)16(17,18)19/h3-6H,2H2,1H3,(H2,22,23). The van der Waals surface area contributed by atoms with Crippen molar-refractivity contribution in [1.82, 2.24) is 4.98 Å². The van der Waals surface area contributed by atoms with Crippen LogP contribution < -0.4 is 10.5 Å². The molecule has 0 saturated carbocycles. The third-order valence-electron chi connectivity index (χ3n) is 3.20. The number of ether oxygens (including phenoxy) is 1. The lowest BCUT2D eigenvalue weighted by atomic mass is 9.95. The molecule has 0 aliphatic heterocycles. The Bertz CT molecular complexity index is 846. The second-order valence-electron chi connectivity index (χ2n) is 4.66. The summed E-state index contributed by atoms with van der Waals surface area (Å²) in [5.41, 5.74) is 5.08. The van der Waals surface area contributed by atoms with Crippen molar-refractivity contribution in [2.24, 2.45) is 0 Å². The maximum atomic E-state index is 12.7. The van der Waals surface area contributed by atoms with Crippen molar-refractivity contribution >= 4 is 5.82 Å². The third-order valence-corrected chi connectivity index (χ3v) is 3.20. The van der Waals surface area contributed by atoms with E-state index < -0.39 is 11.7 Å². The zero-order chi connectivity index (χ0) is 17.9. The number of pyridine rings is 1. The molecule has 2 aromatic rings. The van der Waals surface area contributed by atoms with Gasteiger partial charge in [0.25, 0.3) is 0 Å². The number of nitrogens with zero attached hydrogens (tertiary/aromatic N) is 3. The molecule has 0 aliphatic rings. The Hall–Kier alpha value is -3.26. The van der Waals surface area contributed by atoms with E-state index in [0.29, 0.717) is 0 Å². The van der Waals surface area contributed by atoms with Gasteiger partial charge in [-0.15, -0.1) is 0 Å². The van der Waals surface area contributed by atoms with Gasteiger partial charge in [0.15, 0.2) is 0 Å². The zero-order valence-corrected chi connectivity index (χ0v) is 12.5. The number of halogens is 3. The monoisotopic (exact) mass is 332 g/mol. The van der Waals surface area contributed by atoms with E-state index in [9.17, 15) is 23.7 Å². The summed E-state index contributed by atoms with van der Waals surface area (Å²) in [6.07, 6.45) is -4.48. The van der Waals surface area contributed by atoms with Crippen LogP contribution in [0.15, 0.2) is 24.3 Å². The van der Waals surface area contributed by atoms with Crippen molar-refractivity contribution in [3.8, 4) is 29.1 Å².